The van der Waals surface area contributed by atoms with Crippen molar-refractivity contribution in [3.8, 4) is 0 Å². The number of methoxy groups -OCH3 is 1. The van der Waals surface area contributed by atoms with Gasteiger partial charge in [0.2, 0.25) is 10.0 Å². The molecular weight excluding hydrogens is 352 g/mol. The quantitative estimate of drug-likeness (QED) is 0.597. The van der Waals surface area contributed by atoms with Crippen molar-refractivity contribution in [2.24, 2.45) is 4.99 Å². The Morgan fingerprint density at radius 3 is 2.23 bits per heavy atom. The Labute approximate surface area is 153 Å². The van der Waals surface area contributed by atoms with Crippen molar-refractivity contribution in [2.75, 3.05) is 20.2 Å². The van der Waals surface area contributed by atoms with Crippen LogP contribution in [0, 0.1) is 0 Å². The molecule has 0 amide bonds. The first-order valence-electron chi connectivity index (χ1n) is 8.33. The van der Waals surface area contributed by atoms with Gasteiger partial charge in [0.25, 0.3) is 0 Å². The molecule has 1 fully saturated rings. The number of esters is 1. The number of rotatable bonds is 5. The Morgan fingerprint density at radius 2 is 1.65 bits per heavy atom. The molecule has 1 heterocycles. The van der Waals surface area contributed by atoms with E-state index in [0.29, 0.717) is 29.2 Å². The number of aliphatic imine (C=N–C) groups is 1. The van der Waals surface area contributed by atoms with Gasteiger partial charge in [-0.05, 0) is 54.8 Å². The van der Waals surface area contributed by atoms with Crippen LogP contribution >= 0.6 is 0 Å². The second kappa shape index (κ2) is 7.80. The molecule has 3 rings (SSSR count). The van der Waals surface area contributed by atoms with E-state index in [1.807, 2.05) is 0 Å². The number of carbonyl (C=O) groups excluding carboxylic acids is 1. The largest absolute Gasteiger partial charge is 0.465 e. The minimum absolute atomic E-state index is 0.292. The van der Waals surface area contributed by atoms with Crippen molar-refractivity contribution >= 4 is 27.9 Å². The first kappa shape index (κ1) is 18.3. The summed E-state index contributed by atoms with van der Waals surface area (Å²) in [4.78, 5) is 16.0. The van der Waals surface area contributed by atoms with Crippen molar-refractivity contribution in [3.63, 3.8) is 0 Å². The first-order valence-corrected chi connectivity index (χ1v) is 9.77. The van der Waals surface area contributed by atoms with Crippen molar-refractivity contribution < 1.29 is 17.9 Å². The molecule has 6 nitrogen and oxygen atoms in total. The van der Waals surface area contributed by atoms with E-state index >= 15 is 0 Å². The van der Waals surface area contributed by atoms with Crippen molar-refractivity contribution in [2.45, 2.75) is 17.7 Å². The van der Waals surface area contributed by atoms with Crippen LogP contribution in [0.1, 0.15) is 28.8 Å². The molecule has 7 heteroatoms. The van der Waals surface area contributed by atoms with Gasteiger partial charge in [-0.3, -0.25) is 4.99 Å². The molecule has 0 N–H and O–H groups in total. The summed E-state index contributed by atoms with van der Waals surface area (Å²) in [5, 5.41) is 0. The highest BCUT2D eigenvalue weighted by molar-refractivity contribution is 7.89. The Balaban J connectivity index is 1.71. The van der Waals surface area contributed by atoms with Gasteiger partial charge in [-0.1, -0.05) is 12.1 Å². The molecule has 0 aliphatic carbocycles. The number of nitrogens with zero attached hydrogens (tertiary/aromatic N) is 2. The Hall–Kier alpha value is -2.51. The van der Waals surface area contributed by atoms with Crippen molar-refractivity contribution in [1.82, 2.24) is 4.31 Å². The Kier molecular flexibility index (Phi) is 5.49. The van der Waals surface area contributed by atoms with E-state index in [-0.39, 0.29) is 5.97 Å². The molecule has 0 saturated carbocycles. The summed E-state index contributed by atoms with van der Waals surface area (Å²) in [6.45, 7) is 1.17. The van der Waals surface area contributed by atoms with Gasteiger partial charge in [0, 0.05) is 19.3 Å². The molecule has 0 bridgehead atoms. The molecule has 136 valence electrons. The van der Waals surface area contributed by atoms with Crippen LogP contribution in [0.25, 0.3) is 0 Å². The summed E-state index contributed by atoms with van der Waals surface area (Å²) in [5.74, 6) is -0.386. The van der Waals surface area contributed by atoms with Gasteiger partial charge in [-0.2, -0.15) is 4.31 Å². The minimum Gasteiger partial charge on any atom is -0.465 e. The van der Waals surface area contributed by atoms with Gasteiger partial charge in [0.15, 0.2) is 0 Å². The SMILES string of the molecule is COC(=O)c1ccc(C=Nc2ccc(S(=O)(=O)N3CCCC3)cc2)cc1. The van der Waals surface area contributed by atoms with E-state index in [4.69, 9.17) is 0 Å². The number of ether oxygens (including phenoxy) is 1. The molecule has 0 atom stereocenters. The summed E-state index contributed by atoms with van der Waals surface area (Å²) in [7, 11) is -2.06. The topological polar surface area (TPSA) is 76.0 Å². The number of benzene rings is 2. The maximum absolute atomic E-state index is 12.5. The summed E-state index contributed by atoms with van der Waals surface area (Å²) >= 11 is 0. The summed E-state index contributed by atoms with van der Waals surface area (Å²) in [6, 6.07) is 13.4. The lowest BCUT2D eigenvalue weighted by atomic mass is 10.1. The third-order valence-electron chi connectivity index (χ3n) is 4.23. The molecule has 0 unspecified atom stereocenters. The highest BCUT2D eigenvalue weighted by Gasteiger charge is 2.26. The molecule has 26 heavy (non-hydrogen) atoms. The maximum Gasteiger partial charge on any atom is 0.337 e. The van der Waals surface area contributed by atoms with Gasteiger partial charge in [0.05, 0.1) is 23.3 Å². The fraction of sp³-hybridized carbons (Fsp3) is 0.263. The van der Waals surface area contributed by atoms with Gasteiger partial charge >= 0.3 is 5.97 Å². The lowest BCUT2D eigenvalue weighted by molar-refractivity contribution is 0.0600. The van der Waals surface area contributed by atoms with Crippen LogP contribution in [-0.4, -0.2) is 45.1 Å². The van der Waals surface area contributed by atoms with Crippen LogP contribution in [0.3, 0.4) is 0 Å². The van der Waals surface area contributed by atoms with Crippen molar-refractivity contribution in [1.29, 1.82) is 0 Å². The number of hydrogen-bond donors (Lipinski definition) is 0. The van der Waals surface area contributed by atoms with E-state index in [2.05, 4.69) is 9.73 Å². The second-order valence-corrected chi connectivity index (χ2v) is 7.91. The van der Waals surface area contributed by atoms with E-state index in [1.54, 1.807) is 54.7 Å². The lowest BCUT2D eigenvalue weighted by Gasteiger charge is -2.15. The molecule has 1 aliphatic heterocycles. The average molecular weight is 372 g/mol. The molecule has 0 spiro atoms. The van der Waals surface area contributed by atoms with Crippen LogP contribution in [0.4, 0.5) is 5.69 Å². The highest BCUT2D eigenvalue weighted by Crippen LogP contribution is 2.23. The van der Waals surface area contributed by atoms with E-state index in [9.17, 15) is 13.2 Å². The van der Waals surface area contributed by atoms with Crippen LogP contribution in [0.15, 0.2) is 58.4 Å². The average Bonchev–Trinajstić information content (AvgIpc) is 3.22. The zero-order valence-electron chi connectivity index (χ0n) is 14.5. The molecule has 0 radical (unpaired) electrons. The molecule has 1 saturated heterocycles. The van der Waals surface area contributed by atoms with E-state index in [1.165, 1.54) is 11.4 Å². The minimum atomic E-state index is -3.40. The molecular formula is C19H20N2O4S. The smallest absolute Gasteiger partial charge is 0.337 e. The zero-order chi connectivity index (χ0) is 18.6. The fourth-order valence-corrected chi connectivity index (χ4v) is 4.27. The third-order valence-corrected chi connectivity index (χ3v) is 6.15. The Morgan fingerprint density at radius 1 is 1.04 bits per heavy atom. The first-order chi connectivity index (χ1) is 12.5. The standard InChI is InChI=1S/C19H20N2O4S/c1-25-19(22)16-6-4-15(5-7-16)14-20-17-8-10-18(11-9-17)26(23,24)21-12-2-3-13-21/h4-11,14H,2-3,12-13H2,1H3. The summed E-state index contributed by atoms with van der Waals surface area (Å²) < 4.78 is 31.2. The number of hydrogen-bond acceptors (Lipinski definition) is 5. The number of carbonyl (C=O) groups is 1. The number of sulfonamides is 1. The molecule has 1 aliphatic rings. The van der Waals surface area contributed by atoms with Crippen molar-refractivity contribution in [3.05, 3.63) is 59.7 Å². The van der Waals surface area contributed by atoms with Gasteiger partial charge in [-0.15, -0.1) is 0 Å². The van der Waals surface area contributed by atoms with Crippen LogP contribution in [0.2, 0.25) is 0 Å². The van der Waals surface area contributed by atoms with E-state index < -0.39 is 10.0 Å². The predicted molar refractivity (Wildman–Crippen MR) is 99.5 cm³/mol. The molecule has 2 aromatic carbocycles. The maximum atomic E-state index is 12.5. The van der Waals surface area contributed by atoms with Crippen LogP contribution in [-0.2, 0) is 14.8 Å². The summed E-state index contributed by atoms with van der Waals surface area (Å²) in [5.41, 5.74) is 1.95. The van der Waals surface area contributed by atoms with Gasteiger partial charge < -0.3 is 4.74 Å². The normalized spacial score (nSPS) is 15.4. The monoisotopic (exact) mass is 372 g/mol. The molecule has 2 aromatic rings. The van der Waals surface area contributed by atoms with Crippen LogP contribution < -0.4 is 0 Å². The van der Waals surface area contributed by atoms with Crippen LogP contribution in [0.5, 0.6) is 0 Å². The van der Waals surface area contributed by atoms with Gasteiger partial charge in [-0.25, -0.2) is 13.2 Å². The molecule has 0 aromatic heterocycles. The highest BCUT2D eigenvalue weighted by atomic mass is 32.2. The Bertz CT molecular complexity index is 898. The van der Waals surface area contributed by atoms with E-state index in [0.717, 1.165) is 18.4 Å². The zero-order valence-corrected chi connectivity index (χ0v) is 15.3. The second-order valence-electron chi connectivity index (χ2n) is 5.98. The fourth-order valence-electron chi connectivity index (χ4n) is 2.75. The predicted octanol–water partition coefficient (Wildman–Crippen LogP) is 3.01. The summed E-state index contributed by atoms with van der Waals surface area (Å²) in [6.07, 6.45) is 3.48. The lowest BCUT2D eigenvalue weighted by Crippen LogP contribution is -2.27. The third kappa shape index (κ3) is 4.00. The van der Waals surface area contributed by atoms with Gasteiger partial charge in [0.1, 0.15) is 0 Å².